The van der Waals surface area contributed by atoms with Crippen molar-refractivity contribution in [1.29, 1.82) is 0 Å². The molecule has 0 spiro atoms. The lowest BCUT2D eigenvalue weighted by atomic mass is 9.95. The number of piperazine rings is 1. The molecule has 2 N–H and O–H groups in total. The lowest BCUT2D eigenvalue weighted by molar-refractivity contribution is 0.136. The van der Waals surface area contributed by atoms with Gasteiger partial charge in [-0.25, -0.2) is 0 Å². The van der Waals surface area contributed by atoms with Gasteiger partial charge >= 0.3 is 0 Å². The summed E-state index contributed by atoms with van der Waals surface area (Å²) >= 11 is 0. The van der Waals surface area contributed by atoms with Crippen molar-refractivity contribution in [3.63, 3.8) is 0 Å². The molecular weight excluding hydrogens is 358 g/mol. The van der Waals surface area contributed by atoms with Crippen LogP contribution in [0.5, 0.6) is 0 Å². The quantitative estimate of drug-likeness (QED) is 0.351. The molecule has 3 unspecified atom stereocenters. The fourth-order valence-corrected chi connectivity index (χ4v) is 5.48. The number of guanidine groups is 1. The lowest BCUT2D eigenvalue weighted by Gasteiger charge is -2.34. The van der Waals surface area contributed by atoms with Crippen LogP contribution in [0.4, 0.5) is 0 Å². The summed E-state index contributed by atoms with van der Waals surface area (Å²) in [6.07, 6.45) is 6.83. The molecule has 158 valence electrons. The Bertz CT molecular complexity index is 465. The monoisotopic (exact) mass is 399 g/mol. The van der Waals surface area contributed by atoms with E-state index in [0.29, 0.717) is 11.3 Å². The number of likely N-dealkylation sites (N-methyl/N-ethyl adjacent to an activating group) is 1. The van der Waals surface area contributed by atoms with Crippen molar-refractivity contribution in [2.75, 3.05) is 58.6 Å². The highest BCUT2D eigenvalue weighted by Gasteiger charge is 2.26. The van der Waals surface area contributed by atoms with Gasteiger partial charge in [0.15, 0.2) is 5.96 Å². The Morgan fingerprint density at radius 3 is 2.52 bits per heavy atom. The van der Waals surface area contributed by atoms with E-state index in [1.165, 1.54) is 52.1 Å². The van der Waals surface area contributed by atoms with Crippen LogP contribution in [-0.4, -0.2) is 89.9 Å². The SMILES string of the molecule is CCN1CCN(CCCCNC(=NC)NC2CCCC(S(=O)CC)C2)CC1. The Morgan fingerprint density at radius 2 is 1.85 bits per heavy atom. The molecule has 3 atom stereocenters. The summed E-state index contributed by atoms with van der Waals surface area (Å²) in [7, 11) is 1.17. The van der Waals surface area contributed by atoms with Gasteiger partial charge in [-0.2, -0.15) is 0 Å². The molecule has 1 saturated heterocycles. The van der Waals surface area contributed by atoms with Crippen LogP contribution in [0, 0.1) is 0 Å². The van der Waals surface area contributed by atoms with Gasteiger partial charge in [0.05, 0.1) is 0 Å². The average Bonchev–Trinajstić information content (AvgIpc) is 2.72. The average molecular weight is 400 g/mol. The smallest absolute Gasteiger partial charge is 0.191 e. The van der Waals surface area contributed by atoms with Crippen LogP contribution in [-0.2, 0) is 10.8 Å². The Kier molecular flexibility index (Phi) is 10.7. The first-order valence-corrected chi connectivity index (χ1v) is 12.3. The van der Waals surface area contributed by atoms with Crippen molar-refractivity contribution >= 4 is 16.8 Å². The Hall–Kier alpha value is -0.660. The van der Waals surface area contributed by atoms with E-state index in [1.807, 2.05) is 14.0 Å². The molecule has 1 saturated carbocycles. The largest absolute Gasteiger partial charge is 0.356 e. The summed E-state index contributed by atoms with van der Waals surface area (Å²) in [4.78, 5) is 9.50. The van der Waals surface area contributed by atoms with Gasteiger partial charge in [0.1, 0.15) is 0 Å². The molecule has 2 aliphatic rings. The number of unbranched alkanes of at least 4 members (excludes halogenated alkanes) is 1. The molecule has 0 radical (unpaired) electrons. The van der Waals surface area contributed by atoms with E-state index in [-0.39, 0.29) is 0 Å². The molecule has 6 nitrogen and oxygen atoms in total. The zero-order valence-corrected chi connectivity index (χ0v) is 18.5. The second kappa shape index (κ2) is 12.7. The van der Waals surface area contributed by atoms with Crippen molar-refractivity contribution < 1.29 is 4.21 Å². The van der Waals surface area contributed by atoms with E-state index in [4.69, 9.17) is 0 Å². The predicted octanol–water partition coefficient (Wildman–Crippen LogP) is 1.65. The number of hydrogen-bond acceptors (Lipinski definition) is 4. The fourth-order valence-electron chi connectivity index (χ4n) is 4.13. The third-order valence-corrected chi connectivity index (χ3v) is 7.69. The van der Waals surface area contributed by atoms with Gasteiger partial charge in [0.25, 0.3) is 0 Å². The molecule has 1 heterocycles. The zero-order valence-electron chi connectivity index (χ0n) is 17.7. The number of nitrogens with zero attached hydrogens (tertiary/aromatic N) is 3. The molecule has 0 amide bonds. The van der Waals surface area contributed by atoms with Crippen LogP contribution in [0.1, 0.15) is 52.4 Å². The molecular formula is C20H41N5OS. The standard InChI is InChI=1S/C20H41N5OS/c1-4-24-13-15-25(16-14-24)12-7-6-11-22-20(21-3)23-18-9-8-10-19(17-18)27(26)5-2/h18-19H,4-17H2,1-3H3,(H2,21,22,23). The van der Waals surface area contributed by atoms with Crippen LogP contribution in [0.3, 0.4) is 0 Å². The second-order valence-corrected chi connectivity index (χ2v) is 9.79. The molecule has 0 aromatic carbocycles. The summed E-state index contributed by atoms with van der Waals surface area (Å²) in [6.45, 7) is 12.5. The van der Waals surface area contributed by atoms with E-state index in [2.05, 4.69) is 32.3 Å². The van der Waals surface area contributed by atoms with E-state index >= 15 is 0 Å². The normalized spacial score (nSPS) is 26.7. The minimum Gasteiger partial charge on any atom is -0.356 e. The molecule has 1 aliphatic carbocycles. The van der Waals surface area contributed by atoms with Gasteiger partial charge in [-0.3, -0.25) is 9.20 Å². The fraction of sp³-hybridized carbons (Fsp3) is 0.950. The van der Waals surface area contributed by atoms with Gasteiger partial charge < -0.3 is 20.4 Å². The molecule has 2 rings (SSSR count). The zero-order chi connectivity index (χ0) is 19.5. The summed E-state index contributed by atoms with van der Waals surface area (Å²) in [5, 5.41) is 7.37. The number of hydrogen-bond donors (Lipinski definition) is 2. The molecule has 0 aromatic heterocycles. The number of nitrogens with one attached hydrogen (secondary N) is 2. The minimum atomic E-state index is -0.673. The highest BCUT2D eigenvalue weighted by atomic mass is 32.2. The highest BCUT2D eigenvalue weighted by molar-refractivity contribution is 7.85. The van der Waals surface area contributed by atoms with Gasteiger partial charge in [-0.15, -0.1) is 0 Å². The predicted molar refractivity (Wildman–Crippen MR) is 117 cm³/mol. The van der Waals surface area contributed by atoms with Gasteiger partial charge in [-0.1, -0.05) is 20.3 Å². The van der Waals surface area contributed by atoms with Crippen LogP contribution >= 0.6 is 0 Å². The maximum atomic E-state index is 12.1. The molecule has 2 fully saturated rings. The van der Waals surface area contributed by atoms with Crippen LogP contribution in [0.15, 0.2) is 4.99 Å². The first kappa shape index (κ1) is 22.6. The first-order valence-electron chi connectivity index (χ1n) is 10.9. The summed E-state index contributed by atoms with van der Waals surface area (Å²) in [5.41, 5.74) is 0. The second-order valence-electron chi connectivity index (χ2n) is 7.78. The Balaban J connectivity index is 1.58. The molecule has 27 heavy (non-hydrogen) atoms. The maximum absolute atomic E-state index is 12.1. The summed E-state index contributed by atoms with van der Waals surface area (Å²) in [5.74, 6) is 1.68. The Labute approximate surface area is 169 Å². The van der Waals surface area contributed by atoms with E-state index in [1.54, 1.807) is 0 Å². The van der Waals surface area contributed by atoms with Crippen molar-refractivity contribution in [3.8, 4) is 0 Å². The van der Waals surface area contributed by atoms with Crippen LogP contribution < -0.4 is 10.6 Å². The molecule has 7 heteroatoms. The van der Waals surface area contributed by atoms with Gasteiger partial charge in [0.2, 0.25) is 0 Å². The van der Waals surface area contributed by atoms with Crippen LogP contribution in [0.2, 0.25) is 0 Å². The minimum absolute atomic E-state index is 0.354. The van der Waals surface area contributed by atoms with Gasteiger partial charge in [0, 0.05) is 67.6 Å². The first-order chi connectivity index (χ1) is 13.2. The third kappa shape index (κ3) is 8.08. The maximum Gasteiger partial charge on any atom is 0.191 e. The van der Waals surface area contributed by atoms with Crippen molar-refractivity contribution in [2.24, 2.45) is 4.99 Å². The number of aliphatic imine (C=N–C) groups is 1. The molecule has 0 bridgehead atoms. The summed E-state index contributed by atoms with van der Waals surface area (Å²) < 4.78 is 12.1. The van der Waals surface area contributed by atoms with E-state index < -0.39 is 10.8 Å². The molecule has 0 aromatic rings. The Morgan fingerprint density at radius 1 is 1.11 bits per heavy atom. The van der Waals surface area contributed by atoms with E-state index in [0.717, 1.165) is 43.9 Å². The molecule has 1 aliphatic heterocycles. The van der Waals surface area contributed by atoms with E-state index in [9.17, 15) is 4.21 Å². The third-order valence-electron chi connectivity index (χ3n) is 5.95. The topological polar surface area (TPSA) is 60.0 Å². The van der Waals surface area contributed by atoms with Crippen molar-refractivity contribution in [3.05, 3.63) is 0 Å². The van der Waals surface area contributed by atoms with Crippen molar-refractivity contribution in [2.45, 2.75) is 63.7 Å². The summed E-state index contributed by atoms with van der Waals surface area (Å²) in [6, 6.07) is 0.403. The highest BCUT2D eigenvalue weighted by Crippen LogP contribution is 2.22. The van der Waals surface area contributed by atoms with Crippen molar-refractivity contribution in [1.82, 2.24) is 20.4 Å². The number of rotatable bonds is 9. The van der Waals surface area contributed by atoms with Crippen LogP contribution in [0.25, 0.3) is 0 Å². The lowest BCUT2D eigenvalue weighted by Crippen LogP contribution is -2.47. The van der Waals surface area contributed by atoms with Gasteiger partial charge in [-0.05, 0) is 45.2 Å².